The molecule has 2 aromatic rings. The summed E-state index contributed by atoms with van der Waals surface area (Å²) in [5.74, 6) is 0. The standard InChI is InChI=1S/C13H15N2.ClH/c1-11-3-2-8-15(9-11)10-12-4-6-13(14)7-5-12;/h2-9H,10,14H2,1H3;1H/q+1;/p-1. The summed E-state index contributed by atoms with van der Waals surface area (Å²) in [6.45, 7) is 2.99. The Balaban J connectivity index is 0.00000128. The molecule has 0 aliphatic rings. The van der Waals surface area contributed by atoms with Crippen molar-refractivity contribution >= 4 is 5.69 Å². The second-order valence-electron chi connectivity index (χ2n) is 3.80. The summed E-state index contributed by atoms with van der Waals surface area (Å²) in [5, 5.41) is 0. The number of nitrogens with zero attached hydrogens (tertiary/aromatic N) is 1. The Hall–Kier alpha value is -1.54. The predicted molar refractivity (Wildman–Crippen MR) is 61.3 cm³/mol. The normalized spacial score (nSPS) is 9.56. The number of anilines is 1. The van der Waals surface area contributed by atoms with Crippen LogP contribution in [-0.2, 0) is 6.54 Å². The molecule has 0 radical (unpaired) electrons. The second-order valence-corrected chi connectivity index (χ2v) is 3.80. The summed E-state index contributed by atoms with van der Waals surface area (Å²) in [6, 6.07) is 12.2. The van der Waals surface area contributed by atoms with Crippen molar-refractivity contribution in [3.8, 4) is 0 Å². The molecule has 16 heavy (non-hydrogen) atoms. The van der Waals surface area contributed by atoms with Crippen LogP contribution < -0.4 is 22.7 Å². The van der Waals surface area contributed by atoms with Gasteiger partial charge in [0.25, 0.3) is 0 Å². The summed E-state index contributed by atoms with van der Waals surface area (Å²) in [4.78, 5) is 0. The van der Waals surface area contributed by atoms with Crippen LogP contribution in [0.5, 0.6) is 0 Å². The number of nitrogens with two attached hydrogens (primary N) is 1. The van der Waals surface area contributed by atoms with E-state index in [2.05, 4.69) is 48.1 Å². The molecule has 1 aromatic carbocycles. The summed E-state index contributed by atoms with van der Waals surface area (Å²) < 4.78 is 2.17. The van der Waals surface area contributed by atoms with E-state index < -0.39 is 0 Å². The maximum absolute atomic E-state index is 5.64. The maximum Gasteiger partial charge on any atom is 0.173 e. The molecule has 1 aromatic heterocycles. The molecule has 0 saturated heterocycles. The molecule has 0 fully saturated rings. The highest BCUT2D eigenvalue weighted by Crippen LogP contribution is 2.04. The Morgan fingerprint density at radius 1 is 1.12 bits per heavy atom. The average Bonchev–Trinajstić information content (AvgIpc) is 2.22. The molecular weight excluding hydrogens is 220 g/mol. The second kappa shape index (κ2) is 5.52. The Labute approximate surface area is 102 Å². The van der Waals surface area contributed by atoms with Crippen LogP contribution in [-0.4, -0.2) is 0 Å². The molecule has 3 heteroatoms. The van der Waals surface area contributed by atoms with Gasteiger partial charge in [-0.05, 0) is 25.1 Å². The number of pyridine rings is 1. The lowest BCUT2D eigenvalue weighted by molar-refractivity contribution is -0.688. The van der Waals surface area contributed by atoms with Crippen LogP contribution >= 0.6 is 0 Å². The Morgan fingerprint density at radius 3 is 2.44 bits per heavy atom. The number of nitrogen functional groups attached to an aromatic ring is 1. The van der Waals surface area contributed by atoms with Crippen LogP contribution in [0.4, 0.5) is 5.69 Å². The van der Waals surface area contributed by atoms with Crippen molar-refractivity contribution in [3.05, 3.63) is 59.9 Å². The largest absolute Gasteiger partial charge is 1.00 e. The summed E-state index contributed by atoms with van der Waals surface area (Å²) in [7, 11) is 0. The molecule has 2 N–H and O–H groups in total. The predicted octanol–water partition coefficient (Wildman–Crippen LogP) is -1.08. The van der Waals surface area contributed by atoms with E-state index in [1.807, 2.05) is 12.1 Å². The fourth-order valence-electron chi connectivity index (χ4n) is 1.59. The zero-order valence-corrected chi connectivity index (χ0v) is 9.98. The van der Waals surface area contributed by atoms with E-state index in [4.69, 9.17) is 5.73 Å². The van der Waals surface area contributed by atoms with Gasteiger partial charge in [-0.3, -0.25) is 0 Å². The molecule has 2 nitrogen and oxygen atoms in total. The van der Waals surface area contributed by atoms with Gasteiger partial charge in [0.2, 0.25) is 0 Å². The molecule has 0 aliphatic heterocycles. The quantitative estimate of drug-likeness (QED) is 0.520. The molecule has 1 heterocycles. The van der Waals surface area contributed by atoms with Crippen molar-refractivity contribution in [1.29, 1.82) is 0 Å². The molecule has 0 amide bonds. The smallest absolute Gasteiger partial charge is 0.173 e. The van der Waals surface area contributed by atoms with Gasteiger partial charge in [-0.15, -0.1) is 0 Å². The number of rotatable bonds is 2. The lowest BCUT2D eigenvalue weighted by Gasteiger charge is -1.99. The zero-order chi connectivity index (χ0) is 10.7. The minimum atomic E-state index is 0. The first-order valence-electron chi connectivity index (χ1n) is 5.04. The SMILES string of the molecule is Cc1ccc[n+](Cc2ccc(N)cc2)c1.[Cl-]. The highest BCUT2D eigenvalue weighted by molar-refractivity contribution is 5.38. The number of hydrogen-bond acceptors (Lipinski definition) is 1. The molecule has 0 spiro atoms. The molecule has 0 bridgehead atoms. The highest BCUT2D eigenvalue weighted by Gasteiger charge is 2.01. The van der Waals surface area contributed by atoms with Crippen molar-refractivity contribution in [2.45, 2.75) is 13.5 Å². The monoisotopic (exact) mass is 234 g/mol. The Kier molecular flexibility index (Phi) is 4.32. The number of halogens is 1. The topological polar surface area (TPSA) is 29.9 Å². The van der Waals surface area contributed by atoms with Crippen LogP contribution in [0, 0.1) is 6.92 Å². The highest BCUT2D eigenvalue weighted by atomic mass is 35.5. The fraction of sp³-hybridized carbons (Fsp3) is 0.154. The Morgan fingerprint density at radius 2 is 1.81 bits per heavy atom. The fourth-order valence-corrected chi connectivity index (χ4v) is 1.59. The van der Waals surface area contributed by atoms with Gasteiger partial charge < -0.3 is 18.1 Å². The van der Waals surface area contributed by atoms with Gasteiger partial charge in [0.15, 0.2) is 18.9 Å². The van der Waals surface area contributed by atoms with E-state index >= 15 is 0 Å². The lowest BCUT2D eigenvalue weighted by atomic mass is 10.2. The van der Waals surface area contributed by atoms with Crippen LogP contribution in [0.15, 0.2) is 48.8 Å². The Bertz CT molecular complexity index is 452. The van der Waals surface area contributed by atoms with Gasteiger partial charge in [-0.2, -0.15) is 0 Å². The van der Waals surface area contributed by atoms with E-state index in [0.717, 1.165) is 12.2 Å². The van der Waals surface area contributed by atoms with Crippen LogP contribution in [0.1, 0.15) is 11.1 Å². The van der Waals surface area contributed by atoms with Crippen LogP contribution in [0.3, 0.4) is 0 Å². The van der Waals surface area contributed by atoms with E-state index in [0.29, 0.717) is 0 Å². The molecule has 0 unspecified atom stereocenters. The van der Waals surface area contributed by atoms with Gasteiger partial charge in [0.05, 0.1) is 0 Å². The van der Waals surface area contributed by atoms with Gasteiger partial charge in [0, 0.05) is 22.9 Å². The average molecular weight is 235 g/mol. The van der Waals surface area contributed by atoms with Crippen molar-refractivity contribution in [2.75, 3.05) is 5.73 Å². The number of benzene rings is 1. The molecule has 0 saturated carbocycles. The van der Waals surface area contributed by atoms with Crippen LogP contribution in [0.2, 0.25) is 0 Å². The minimum Gasteiger partial charge on any atom is -1.00 e. The first kappa shape index (κ1) is 12.5. The minimum absolute atomic E-state index is 0. The van der Waals surface area contributed by atoms with E-state index in [-0.39, 0.29) is 12.4 Å². The summed E-state index contributed by atoms with van der Waals surface area (Å²) >= 11 is 0. The third-order valence-electron chi connectivity index (χ3n) is 2.35. The molecule has 2 rings (SSSR count). The van der Waals surface area contributed by atoms with Crippen LogP contribution in [0.25, 0.3) is 0 Å². The van der Waals surface area contributed by atoms with Crippen molar-refractivity contribution in [1.82, 2.24) is 0 Å². The third-order valence-corrected chi connectivity index (χ3v) is 2.35. The molecular formula is C13H15ClN2. The lowest BCUT2D eigenvalue weighted by Crippen LogP contribution is -3.00. The van der Waals surface area contributed by atoms with Crippen molar-refractivity contribution < 1.29 is 17.0 Å². The van der Waals surface area contributed by atoms with E-state index in [1.165, 1.54) is 11.1 Å². The van der Waals surface area contributed by atoms with Gasteiger partial charge in [0.1, 0.15) is 0 Å². The molecule has 84 valence electrons. The number of hydrogen-bond donors (Lipinski definition) is 1. The summed E-state index contributed by atoms with van der Waals surface area (Å²) in [6.07, 6.45) is 4.21. The summed E-state index contributed by atoms with van der Waals surface area (Å²) in [5.41, 5.74) is 8.99. The number of aromatic nitrogens is 1. The molecule has 0 atom stereocenters. The maximum atomic E-state index is 5.64. The third kappa shape index (κ3) is 3.24. The van der Waals surface area contributed by atoms with Gasteiger partial charge >= 0.3 is 0 Å². The van der Waals surface area contributed by atoms with Gasteiger partial charge in [-0.25, -0.2) is 4.57 Å². The zero-order valence-electron chi connectivity index (χ0n) is 9.23. The van der Waals surface area contributed by atoms with E-state index in [9.17, 15) is 0 Å². The number of aryl methyl sites for hydroxylation is 1. The van der Waals surface area contributed by atoms with Crippen molar-refractivity contribution in [2.24, 2.45) is 0 Å². The first-order valence-corrected chi connectivity index (χ1v) is 5.04. The van der Waals surface area contributed by atoms with Crippen molar-refractivity contribution in [3.63, 3.8) is 0 Å². The van der Waals surface area contributed by atoms with E-state index in [1.54, 1.807) is 0 Å². The molecule has 0 aliphatic carbocycles. The first-order chi connectivity index (χ1) is 7.24. The van der Waals surface area contributed by atoms with Gasteiger partial charge in [-0.1, -0.05) is 12.1 Å².